The van der Waals surface area contributed by atoms with Crippen molar-refractivity contribution in [2.24, 2.45) is 5.92 Å². The fraction of sp³-hybridized carbons (Fsp3) is 0.867. The lowest BCUT2D eigenvalue weighted by Gasteiger charge is -2.37. The predicted octanol–water partition coefficient (Wildman–Crippen LogP) is 2.06. The molecule has 1 heterocycles. The quantitative estimate of drug-likeness (QED) is 0.830. The van der Waals surface area contributed by atoms with Crippen LogP contribution in [0.4, 0.5) is 0 Å². The molecule has 120 valence electrons. The summed E-state index contributed by atoms with van der Waals surface area (Å²) >= 11 is 0. The Morgan fingerprint density at radius 3 is 3.00 bits per heavy atom. The number of aliphatic hydroxyl groups excluding tert-OH is 1. The number of nitrogens with zero attached hydrogens (tertiary/aromatic N) is 2. The molecule has 0 spiro atoms. The van der Waals surface area contributed by atoms with Crippen LogP contribution in [-0.4, -0.2) is 41.7 Å². The van der Waals surface area contributed by atoms with Gasteiger partial charge in [0.2, 0.25) is 11.7 Å². The average Bonchev–Trinajstić information content (AvgIpc) is 2.88. The standard InChI is InChI=1S/C15H26N2O4/c1-4-20-15(7-5-6-11(2)9-15)14-16-13(21-17-14)8-12(18)10-19-3/h11-12,18H,4-10H2,1-3H3. The van der Waals surface area contributed by atoms with Gasteiger partial charge < -0.3 is 19.1 Å². The number of hydrogen-bond acceptors (Lipinski definition) is 6. The number of methoxy groups -OCH3 is 1. The molecule has 0 bridgehead atoms. The largest absolute Gasteiger partial charge is 0.390 e. The first-order valence-corrected chi connectivity index (χ1v) is 7.73. The molecular weight excluding hydrogens is 272 g/mol. The highest BCUT2D eigenvalue weighted by molar-refractivity contribution is 5.04. The van der Waals surface area contributed by atoms with Crippen LogP contribution in [-0.2, 0) is 21.5 Å². The molecule has 6 heteroatoms. The van der Waals surface area contributed by atoms with Gasteiger partial charge in [-0.3, -0.25) is 0 Å². The van der Waals surface area contributed by atoms with Gasteiger partial charge in [-0.25, -0.2) is 0 Å². The zero-order valence-electron chi connectivity index (χ0n) is 13.2. The molecule has 1 aliphatic carbocycles. The van der Waals surface area contributed by atoms with Gasteiger partial charge in [0, 0.05) is 13.7 Å². The molecule has 0 saturated heterocycles. The molecule has 1 aliphatic rings. The van der Waals surface area contributed by atoms with E-state index in [0.717, 1.165) is 19.3 Å². The molecule has 21 heavy (non-hydrogen) atoms. The smallest absolute Gasteiger partial charge is 0.229 e. The van der Waals surface area contributed by atoms with Crippen molar-refractivity contribution >= 4 is 0 Å². The van der Waals surface area contributed by atoms with Crippen molar-refractivity contribution in [3.8, 4) is 0 Å². The fourth-order valence-electron chi connectivity index (χ4n) is 3.15. The van der Waals surface area contributed by atoms with Gasteiger partial charge in [0.15, 0.2) is 0 Å². The van der Waals surface area contributed by atoms with Crippen LogP contribution in [0.5, 0.6) is 0 Å². The topological polar surface area (TPSA) is 77.6 Å². The molecule has 0 radical (unpaired) electrons. The third-order valence-corrected chi connectivity index (χ3v) is 4.02. The summed E-state index contributed by atoms with van der Waals surface area (Å²) in [5.41, 5.74) is -0.430. The minimum atomic E-state index is -0.628. The third-order valence-electron chi connectivity index (χ3n) is 4.02. The first-order valence-electron chi connectivity index (χ1n) is 7.73. The van der Waals surface area contributed by atoms with Crippen molar-refractivity contribution in [3.63, 3.8) is 0 Å². The van der Waals surface area contributed by atoms with Gasteiger partial charge in [0.1, 0.15) is 5.60 Å². The summed E-state index contributed by atoms with van der Waals surface area (Å²) in [6.07, 6.45) is 3.84. The van der Waals surface area contributed by atoms with Gasteiger partial charge in [-0.2, -0.15) is 4.98 Å². The van der Waals surface area contributed by atoms with Crippen molar-refractivity contribution in [1.29, 1.82) is 0 Å². The van der Waals surface area contributed by atoms with E-state index in [-0.39, 0.29) is 6.61 Å². The van der Waals surface area contributed by atoms with Crippen molar-refractivity contribution in [3.05, 3.63) is 11.7 Å². The Kier molecular flexibility index (Phi) is 5.72. The number of aliphatic hydroxyl groups is 1. The molecular formula is C15H26N2O4. The molecule has 1 fully saturated rings. The van der Waals surface area contributed by atoms with Crippen LogP contribution in [0, 0.1) is 5.92 Å². The first kappa shape index (κ1) is 16.4. The van der Waals surface area contributed by atoms with Gasteiger partial charge in [0.25, 0.3) is 0 Å². The number of rotatable bonds is 7. The molecule has 0 aliphatic heterocycles. The molecule has 0 amide bonds. The third kappa shape index (κ3) is 4.02. The highest BCUT2D eigenvalue weighted by Crippen LogP contribution is 2.41. The summed E-state index contributed by atoms with van der Waals surface area (Å²) in [7, 11) is 1.55. The Morgan fingerprint density at radius 1 is 1.52 bits per heavy atom. The first-order chi connectivity index (χ1) is 10.1. The molecule has 1 aromatic rings. The highest BCUT2D eigenvalue weighted by atomic mass is 16.5. The normalized spacial score (nSPS) is 27.7. The lowest BCUT2D eigenvalue weighted by Crippen LogP contribution is -2.36. The zero-order valence-corrected chi connectivity index (χ0v) is 13.2. The summed E-state index contributed by atoms with van der Waals surface area (Å²) in [5.74, 6) is 1.65. The van der Waals surface area contributed by atoms with Gasteiger partial charge in [-0.05, 0) is 32.1 Å². The Balaban J connectivity index is 2.12. The highest BCUT2D eigenvalue weighted by Gasteiger charge is 2.41. The SMILES string of the molecule is CCOC1(c2noc(CC(O)COC)n2)CCCC(C)C1. The van der Waals surface area contributed by atoms with Gasteiger partial charge in [-0.1, -0.05) is 18.5 Å². The lowest BCUT2D eigenvalue weighted by molar-refractivity contribution is -0.0891. The van der Waals surface area contributed by atoms with E-state index < -0.39 is 11.7 Å². The van der Waals surface area contributed by atoms with E-state index in [1.54, 1.807) is 7.11 Å². The van der Waals surface area contributed by atoms with Crippen LogP contribution in [0.1, 0.15) is 51.2 Å². The number of aromatic nitrogens is 2. The van der Waals surface area contributed by atoms with E-state index in [0.29, 0.717) is 30.7 Å². The van der Waals surface area contributed by atoms with Crippen molar-refractivity contribution in [2.45, 2.75) is 57.7 Å². The molecule has 2 rings (SSSR count). The Hall–Kier alpha value is -0.980. The van der Waals surface area contributed by atoms with Crippen LogP contribution in [0.2, 0.25) is 0 Å². The van der Waals surface area contributed by atoms with Gasteiger partial charge in [-0.15, -0.1) is 0 Å². The van der Waals surface area contributed by atoms with Crippen LogP contribution in [0.25, 0.3) is 0 Å². The second-order valence-electron chi connectivity index (χ2n) is 5.95. The second kappa shape index (κ2) is 7.33. The van der Waals surface area contributed by atoms with Gasteiger partial charge >= 0.3 is 0 Å². The monoisotopic (exact) mass is 298 g/mol. The predicted molar refractivity (Wildman–Crippen MR) is 76.8 cm³/mol. The van der Waals surface area contributed by atoms with E-state index in [4.69, 9.17) is 14.0 Å². The van der Waals surface area contributed by atoms with E-state index >= 15 is 0 Å². The zero-order chi connectivity index (χ0) is 15.3. The van der Waals surface area contributed by atoms with Crippen LogP contribution < -0.4 is 0 Å². The summed E-state index contributed by atoms with van der Waals surface area (Å²) < 4.78 is 16.2. The minimum absolute atomic E-state index is 0.255. The van der Waals surface area contributed by atoms with Crippen LogP contribution >= 0.6 is 0 Å². The number of ether oxygens (including phenoxy) is 2. The van der Waals surface area contributed by atoms with E-state index in [1.807, 2.05) is 6.92 Å². The minimum Gasteiger partial charge on any atom is -0.390 e. The van der Waals surface area contributed by atoms with Gasteiger partial charge in [0.05, 0.1) is 19.1 Å². The van der Waals surface area contributed by atoms with E-state index in [9.17, 15) is 5.11 Å². The molecule has 6 nitrogen and oxygen atoms in total. The molecule has 0 aromatic carbocycles. The van der Waals surface area contributed by atoms with Crippen LogP contribution in [0.3, 0.4) is 0 Å². The lowest BCUT2D eigenvalue weighted by atomic mass is 9.78. The number of hydrogen-bond donors (Lipinski definition) is 1. The fourth-order valence-corrected chi connectivity index (χ4v) is 3.15. The summed E-state index contributed by atoms with van der Waals surface area (Å²) in [6, 6.07) is 0. The second-order valence-corrected chi connectivity index (χ2v) is 5.95. The molecule has 3 atom stereocenters. The molecule has 1 aromatic heterocycles. The Bertz CT molecular complexity index is 433. The average molecular weight is 298 g/mol. The van der Waals surface area contributed by atoms with E-state index in [1.165, 1.54) is 6.42 Å². The summed E-state index contributed by atoms with van der Waals surface area (Å²) in [6.45, 7) is 5.11. The molecule has 1 saturated carbocycles. The van der Waals surface area contributed by atoms with Crippen molar-refractivity contribution < 1.29 is 19.1 Å². The summed E-state index contributed by atoms with van der Waals surface area (Å²) in [5, 5.41) is 13.9. The Morgan fingerprint density at radius 2 is 2.33 bits per heavy atom. The van der Waals surface area contributed by atoms with Crippen LogP contribution in [0.15, 0.2) is 4.52 Å². The maximum absolute atomic E-state index is 9.75. The maximum Gasteiger partial charge on any atom is 0.229 e. The maximum atomic E-state index is 9.75. The molecule has 1 N–H and O–H groups in total. The summed E-state index contributed by atoms with van der Waals surface area (Å²) in [4.78, 5) is 4.46. The molecule has 3 unspecified atom stereocenters. The van der Waals surface area contributed by atoms with E-state index in [2.05, 4.69) is 17.1 Å². The van der Waals surface area contributed by atoms with Crippen molar-refractivity contribution in [2.75, 3.05) is 20.3 Å². The van der Waals surface area contributed by atoms with Crippen molar-refractivity contribution in [1.82, 2.24) is 10.1 Å². The Labute approximate surface area is 125 Å².